The van der Waals surface area contributed by atoms with Crippen LogP contribution in [0.15, 0.2) is 6.07 Å². The topological polar surface area (TPSA) is 56.3 Å². The summed E-state index contributed by atoms with van der Waals surface area (Å²) < 4.78 is 10.2. The summed E-state index contributed by atoms with van der Waals surface area (Å²) in [5, 5.41) is 3.53. The average molecular weight is 274 g/mol. The molecule has 5 nitrogen and oxygen atoms in total. The fourth-order valence-electron chi connectivity index (χ4n) is 1.29. The third kappa shape index (κ3) is 4.40. The van der Waals surface area contributed by atoms with E-state index in [1.54, 1.807) is 20.3 Å². The lowest BCUT2D eigenvalue weighted by atomic mass is 9.96. The first-order chi connectivity index (χ1) is 8.36. The van der Waals surface area contributed by atoms with Gasteiger partial charge in [0.1, 0.15) is 16.8 Å². The molecule has 1 rings (SSSR count). The Balaban J connectivity index is 2.81. The molecule has 18 heavy (non-hydrogen) atoms. The van der Waals surface area contributed by atoms with Crippen LogP contribution in [0.3, 0.4) is 0 Å². The number of nitrogens with zero attached hydrogens (tertiary/aromatic N) is 2. The molecular weight excluding hydrogens is 254 g/mol. The van der Waals surface area contributed by atoms with Crippen LogP contribution in [0.5, 0.6) is 0 Å². The van der Waals surface area contributed by atoms with Gasteiger partial charge in [0.05, 0.1) is 6.54 Å². The van der Waals surface area contributed by atoms with Crippen LogP contribution in [-0.2, 0) is 14.9 Å². The Hall–Kier alpha value is -0.910. The second-order valence-corrected chi connectivity index (χ2v) is 5.32. The number of nitrogens with one attached hydrogen (secondary N) is 1. The summed E-state index contributed by atoms with van der Waals surface area (Å²) in [6, 6.07) is 1.68. The summed E-state index contributed by atoms with van der Waals surface area (Å²) in [6.07, 6.45) is -0.322. The van der Waals surface area contributed by atoms with Crippen molar-refractivity contribution in [2.24, 2.45) is 0 Å². The van der Waals surface area contributed by atoms with Gasteiger partial charge in [0.15, 0.2) is 6.29 Å². The maximum absolute atomic E-state index is 5.99. The zero-order valence-corrected chi connectivity index (χ0v) is 12.2. The Kier molecular flexibility index (Phi) is 5.31. The molecule has 6 heteroatoms. The van der Waals surface area contributed by atoms with Crippen molar-refractivity contribution in [2.45, 2.75) is 32.5 Å². The van der Waals surface area contributed by atoms with E-state index in [-0.39, 0.29) is 11.7 Å². The number of anilines is 1. The first kappa shape index (κ1) is 15.1. The maximum atomic E-state index is 5.99. The summed E-state index contributed by atoms with van der Waals surface area (Å²) in [5.74, 6) is 1.36. The number of aromatic nitrogens is 2. The Morgan fingerprint density at radius 1 is 1.28 bits per heavy atom. The van der Waals surface area contributed by atoms with Gasteiger partial charge >= 0.3 is 0 Å². The highest BCUT2D eigenvalue weighted by Gasteiger charge is 2.19. The van der Waals surface area contributed by atoms with Crippen molar-refractivity contribution in [3.63, 3.8) is 0 Å². The quantitative estimate of drug-likeness (QED) is 0.660. The Bertz CT molecular complexity index is 389. The van der Waals surface area contributed by atoms with Crippen LogP contribution >= 0.6 is 11.6 Å². The van der Waals surface area contributed by atoms with Crippen molar-refractivity contribution < 1.29 is 9.47 Å². The molecule has 0 aliphatic rings. The van der Waals surface area contributed by atoms with E-state index in [0.29, 0.717) is 23.3 Å². The Morgan fingerprint density at radius 3 is 2.39 bits per heavy atom. The molecule has 0 aromatic carbocycles. The summed E-state index contributed by atoms with van der Waals surface area (Å²) in [7, 11) is 3.17. The molecule has 0 saturated heterocycles. The maximum Gasteiger partial charge on any atom is 0.173 e. The molecule has 0 spiro atoms. The molecule has 0 saturated carbocycles. The van der Waals surface area contributed by atoms with Gasteiger partial charge in [0, 0.05) is 25.7 Å². The lowest BCUT2D eigenvalue weighted by molar-refractivity contribution is -0.0914. The van der Waals surface area contributed by atoms with Crippen molar-refractivity contribution in [3.05, 3.63) is 17.0 Å². The molecule has 0 bridgehead atoms. The second-order valence-electron chi connectivity index (χ2n) is 4.93. The number of halogens is 1. The van der Waals surface area contributed by atoms with Crippen molar-refractivity contribution >= 4 is 17.4 Å². The molecule has 0 unspecified atom stereocenters. The standard InChI is InChI=1S/C12H20ClN3O2/c1-12(2,3)11-15-8(13)6-9(16-11)14-7-10(17-4)18-5/h6,10H,7H2,1-5H3,(H,14,15,16). The minimum Gasteiger partial charge on any atom is -0.365 e. The molecule has 102 valence electrons. The lowest BCUT2D eigenvalue weighted by Crippen LogP contribution is -2.25. The Morgan fingerprint density at radius 2 is 1.89 bits per heavy atom. The second kappa shape index (κ2) is 6.31. The molecule has 0 aliphatic heterocycles. The molecule has 0 atom stereocenters. The third-order valence-electron chi connectivity index (χ3n) is 2.34. The van der Waals surface area contributed by atoms with Crippen molar-refractivity contribution in [2.75, 3.05) is 26.1 Å². The highest BCUT2D eigenvalue weighted by atomic mass is 35.5. The van der Waals surface area contributed by atoms with Crippen molar-refractivity contribution in [1.82, 2.24) is 9.97 Å². The van der Waals surface area contributed by atoms with Crippen molar-refractivity contribution in [3.8, 4) is 0 Å². The Labute approximate surface area is 113 Å². The number of rotatable bonds is 5. The molecule has 1 N–H and O–H groups in total. The summed E-state index contributed by atoms with van der Waals surface area (Å²) in [5.41, 5.74) is -0.150. The van der Waals surface area contributed by atoms with E-state index < -0.39 is 0 Å². The SMILES string of the molecule is COC(CNc1cc(Cl)nc(C(C)(C)C)n1)OC. The van der Waals surface area contributed by atoms with E-state index in [1.807, 2.05) is 20.8 Å². The number of ether oxygens (including phenoxy) is 2. The zero-order valence-electron chi connectivity index (χ0n) is 11.5. The predicted octanol–water partition coefficient (Wildman–Crippen LogP) is 2.46. The predicted molar refractivity (Wildman–Crippen MR) is 72.0 cm³/mol. The third-order valence-corrected chi connectivity index (χ3v) is 2.53. The first-order valence-electron chi connectivity index (χ1n) is 5.71. The first-order valence-corrected chi connectivity index (χ1v) is 6.09. The monoisotopic (exact) mass is 273 g/mol. The fraction of sp³-hybridized carbons (Fsp3) is 0.667. The van der Waals surface area contributed by atoms with Gasteiger partial charge < -0.3 is 14.8 Å². The van der Waals surface area contributed by atoms with Gasteiger partial charge in [0.2, 0.25) is 0 Å². The highest BCUT2D eigenvalue weighted by molar-refractivity contribution is 6.29. The molecule has 0 aliphatic carbocycles. The molecular formula is C12H20ClN3O2. The van der Waals surface area contributed by atoms with Gasteiger partial charge in [0.25, 0.3) is 0 Å². The number of hydrogen-bond donors (Lipinski definition) is 1. The smallest absolute Gasteiger partial charge is 0.173 e. The lowest BCUT2D eigenvalue weighted by Gasteiger charge is -2.19. The molecule has 0 fully saturated rings. The normalized spacial score (nSPS) is 11.9. The molecule has 0 radical (unpaired) electrons. The molecule has 1 aromatic rings. The largest absolute Gasteiger partial charge is 0.365 e. The van der Waals surface area contributed by atoms with E-state index >= 15 is 0 Å². The summed E-state index contributed by atoms with van der Waals surface area (Å²) in [4.78, 5) is 8.65. The summed E-state index contributed by atoms with van der Waals surface area (Å²) >= 11 is 5.99. The van der Waals surface area contributed by atoms with Crippen LogP contribution in [0.1, 0.15) is 26.6 Å². The molecule has 1 aromatic heterocycles. The van der Waals surface area contributed by atoms with E-state index in [2.05, 4.69) is 15.3 Å². The van der Waals surface area contributed by atoms with Gasteiger partial charge in [-0.2, -0.15) is 0 Å². The van der Waals surface area contributed by atoms with Crippen LogP contribution in [-0.4, -0.2) is 37.0 Å². The average Bonchev–Trinajstić information content (AvgIpc) is 2.28. The molecule has 0 amide bonds. The highest BCUT2D eigenvalue weighted by Crippen LogP contribution is 2.22. The van der Waals surface area contributed by atoms with Crippen LogP contribution < -0.4 is 5.32 Å². The van der Waals surface area contributed by atoms with Gasteiger partial charge in [-0.25, -0.2) is 9.97 Å². The number of methoxy groups -OCH3 is 2. The van der Waals surface area contributed by atoms with Gasteiger partial charge in [-0.15, -0.1) is 0 Å². The van der Waals surface area contributed by atoms with E-state index in [4.69, 9.17) is 21.1 Å². The zero-order chi connectivity index (χ0) is 13.8. The van der Waals surface area contributed by atoms with E-state index in [9.17, 15) is 0 Å². The van der Waals surface area contributed by atoms with Gasteiger partial charge in [-0.3, -0.25) is 0 Å². The molecule has 1 heterocycles. The van der Waals surface area contributed by atoms with E-state index in [0.717, 1.165) is 0 Å². The minimum absolute atomic E-state index is 0.150. The minimum atomic E-state index is -0.322. The van der Waals surface area contributed by atoms with Crippen LogP contribution in [0.4, 0.5) is 5.82 Å². The van der Waals surface area contributed by atoms with Crippen LogP contribution in [0.2, 0.25) is 5.15 Å². The van der Waals surface area contributed by atoms with Gasteiger partial charge in [-0.1, -0.05) is 32.4 Å². The summed E-state index contributed by atoms with van der Waals surface area (Å²) in [6.45, 7) is 6.60. The number of hydrogen-bond acceptors (Lipinski definition) is 5. The van der Waals surface area contributed by atoms with Crippen LogP contribution in [0.25, 0.3) is 0 Å². The van der Waals surface area contributed by atoms with E-state index in [1.165, 1.54) is 0 Å². The van der Waals surface area contributed by atoms with Crippen molar-refractivity contribution in [1.29, 1.82) is 0 Å². The van der Waals surface area contributed by atoms with Crippen LogP contribution in [0, 0.1) is 0 Å². The van der Waals surface area contributed by atoms with Gasteiger partial charge in [-0.05, 0) is 0 Å². The fourth-order valence-corrected chi connectivity index (χ4v) is 1.48.